The molecule has 1 N–H and O–H groups in total. The van der Waals surface area contributed by atoms with Gasteiger partial charge in [-0.05, 0) is 68.4 Å². The fourth-order valence-electron chi connectivity index (χ4n) is 4.50. The molecule has 7 nitrogen and oxygen atoms in total. The molecule has 3 heterocycles. The van der Waals surface area contributed by atoms with Crippen molar-refractivity contribution in [2.24, 2.45) is 5.92 Å². The van der Waals surface area contributed by atoms with Crippen LogP contribution in [0.3, 0.4) is 0 Å². The zero-order valence-electron chi connectivity index (χ0n) is 20.2. The van der Waals surface area contributed by atoms with Crippen molar-refractivity contribution in [1.29, 1.82) is 0 Å². The number of benzene rings is 2. The molecule has 0 radical (unpaired) electrons. The summed E-state index contributed by atoms with van der Waals surface area (Å²) >= 11 is 1.51. The number of hydrogen-bond acceptors (Lipinski definition) is 5. The quantitative estimate of drug-likeness (QED) is 0.423. The van der Waals surface area contributed by atoms with E-state index >= 15 is 0 Å². The second-order valence-electron chi connectivity index (χ2n) is 9.40. The zero-order chi connectivity index (χ0) is 24.5. The fraction of sp³-hybridized carbons (Fsp3) is 0.296. The van der Waals surface area contributed by atoms with E-state index < -0.39 is 0 Å². The summed E-state index contributed by atoms with van der Waals surface area (Å²) in [5, 5.41) is 4.12. The van der Waals surface area contributed by atoms with Gasteiger partial charge in [0.05, 0.1) is 11.4 Å². The molecule has 2 aromatic carbocycles. The first-order valence-electron chi connectivity index (χ1n) is 11.7. The number of thiophene rings is 1. The molecule has 8 heteroatoms. The molecule has 0 saturated carbocycles. The van der Waals surface area contributed by atoms with Gasteiger partial charge in [0.2, 0.25) is 5.91 Å². The second kappa shape index (κ2) is 9.64. The lowest BCUT2D eigenvalue weighted by atomic mass is 10.1. The maximum atomic E-state index is 12.7. The minimum atomic E-state index is -0.0760. The SMILES string of the molecule is Cc1ccc2cc(C(=O)NCC3CC(=O)N(c4ccc(-n5ccnc5CN(C)C)cc4)C3)sc2c1. The molecule has 35 heavy (non-hydrogen) atoms. The van der Waals surface area contributed by atoms with Gasteiger partial charge < -0.3 is 19.7 Å². The predicted octanol–water partition coefficient (Wildman–Crippen LogP) is 4.24. The number of imidazole rings is 1. The standard InChI is InChI=1S/C27H29N5O2S/c1-18-4-5-20-14-24(35-23(20)12-18)27(34)29-15-19-13-26(33)32(16-19)22-8-6-21(7-9-22)31-11-10-28-25(31)17-30(2)3/h4-12,14,19H,13,15-17H2,1-3H3,(H,29,34). The van der Waals surface area contributed by atoms with Crippen LogP contribution in [0, 0.1) is 12.8 Å². The maximum Gasteiger partial charge on any atom is 0.261 e. The fourth-order valence-corrected chi connectivity index (χ4v) is 5.58. The van der Waals surface area contributed by atoms with E-state index in [1.807, 2.05) is 61.6 Å². The molecule has 1 aliphatic rings. The summed E-state index contributed by atoms with van der Waals surface area (Å²) in [5.74, 6) is 1.06. The summed E-state index contributed by atoms with van der Waals surface area (Å²) in [5.41, 5.74) is 3.07. The molecule has 1 saturated heterocycles. The molecule has 1 fully saturated rings. The normalized spacial score (nSPS) is 15.9. The smallest absolute Gasteiger partial charge is 0.261 e. The highest BCUT2D eigenvalue weighted by Crippen LogP contribution is 2.28. The number of carbonyl (C=O) groups is 2. The summed E-state index contributed by atoms with van der Waals surface area (Å²) in [7, 11) is 4.03. The molecule has 0 bridgehead atoms. The molecule has 0 aliphatic carbocycles. The third-order valence-electron chi connectivity index (χ3n) is 6.27. The monoisotopic (exact) mass is 487 g/mol. The third-order valence-corrected chi connectivity index (χ3v) is 7.37. The molecular weight excluding hydrogens is 458 g/mol. The van der Waals surface area contributed by atoms with Crippen molar-refractivity contribution >= 4 is 38.9 Å². The van der Waals surface area contributed by atoms with Crippen LogP contribution in [0.2, 0.25) is 0 Å². The van der Waals surface area contributed by atoms with E-state index in [0.717, 1.165) is 33.8 Å². The van der Waals surface area contributed by atoms with Crippen molar-refractivity contribution in [1.82, 2.24) is 19.8 Å². The summed E-state index contributed by atoms with van der Waals surface area (Å²) in [4.78, 5) is 34.5. The number of rotatable bonds is 7. The van der Waals surface area contributed by atoms with Crippen LogP contribution in [0.15, 0.2) is 60.9 Å². The van der Waals surface area contributed by atoms with Gasteiger partial charge in [0, 0.05) is 53.9 Å². The molecule has 1 aliphatic heterocycles. The van der Waals surface area contributed by atoms with E-state index in [1.54, 1.807) is 6.20 Å². The van der Waals surface area contributed by atoms with Gasteiger partial charge in [0.15, 0.2) is 0 Å². The minimum Gasteiger partial charge on any atom is -0.351 e. The third kappa shape index (κ3) is 4.99. The van der Waals surface area contributed by atoms with Gasteiger partial charge in [0.25, 0.3) is 5.91 Å². The lowest BCUT2D eigenvalue weighted by Crippen LogP contribution is -2.30. The van der Waals surface area contributed by atoms with Crippen LogP contribution < -0.4 is 10.2 Å². The van der Waals surface area contributed by atoms with Crippen LogP contribution in [0.1, 0.15) is 27.5 Å². The van der Waals surface area contributed by atoms with Crippen molar-refractivity contribution in [2.75, 3.05) is 32.1 Å². The second-order valence-corrected chi connectivity index (χ2v) is 10.5. The molecule has 1 atom stereocenters. The van der Waals surface area contributed by atoms with Crippen LogP contribution in [0.25, 0.3) is 15.8 Å². The van der Waals surface area contributed by atoms with Crippen molar-refractivity contribution in [3.05, 3.63) is 77.2 Å². The Morgan fingerprint density at radius 3 is 2.69 bits per heavy atom. The highest BCUT2D eigenvalue weighted by Gasteiger charge is 2.31. The number of aromatic nitrogens is 2. The van der Waals surface area contributed by atoms with Gasteiger partial charge in [-0.15, -0.1) is 11.3 Å². The Balaban J connectivity index is 1.21. The van der Waals surface area contributed by atoms with E-state index in [9.17, 15) is 9.59 Å². The first kappa shape index (κ1) is 23.3. The number of anilines is 1. The van der Waals surface area contributed by atoms with Crippen LogP contribution in [-0.4, -0.2) is 53.5 Å². The Hall–Kier alpha value is -3.49. The van der Waals surface area contributed by atoms with Crippen molar-refractivity contribution in [2.45, 2.75) is 19.9 Å². The lowest BCUT2D eigenvalue weighted by molar-refractivity contribution is -0.117. The summed E-state index contributed by atoms with van der Waals surface area (Å²) in [6.07, 6.45) is 4.18. The number of nitrogens with one attached hydrogen (secondary N) is 1. The average Bonchev–Trinajstić information content (AvgIpc) is 3.55. The van der Waals surface area contributed by atoms with Crippen molar-refractivity contribution < 1.29 is 9.59 Å². The van der Waals surface area contributed by atoms with Crippen LogP contribution >= 0.6 is 11.3 Å². The molecule has 2 amide bonds. The van der Waals surface area contributed by atoms with Gasteiger partial charge in [-0.2, -0.15) is 0 Å². The van der Waals surface area contributed by atoms with Crippen LogP contribution in [0.4, 0.5) is 5.69 Å². The summed E-state index contributed by atoms with van der Waals surface area (Å²) in [6.45, 7) is 3.87. The number of fused-ring (bicyclic) bond motifs is 1. The van der Waals surface area contributed by atoms with Gasteiger partial charge in [-0.3, -0.25) is 9.59 Å². The number of carbonyl (C=O) groups excluding carboxylic acids is 2. The van der Waals surface area contributed by atoms with Gasteiger partial charge in [0.1, 0.15) is 5.82 Å². The number of amides is 2. The first-order chi connectivity index (χ1) is 16.9. The number of nitrogens with zero attached hydrogens (tertiary/aromatic N) is 4. The molecule has 2 aromatic heterocycles. The average molecular weight is 488 g/mol. The molecule has 5 rings (SSSR count). The Bertz CT molecular complexity index is 1370. The zero-order valence-corrected chi connectivity index (χ0v) is 21.0. The van der Waals surface area contributed by atoms with E-state index in [-0.39, 0.29) is 17.7 Å². The molecule has 1 unspecified atom stereocenters. The topological polar surface area (TPSA) is 70.5 Å². The van der Waals surface area contributed by atoms with Gasteiger partial charge >= 0.3 is 0 Å². The highest BCUT2D eigenvalue weighted by molar-refractivity contribution is 7.20. The Kier molecular flexibility index (Phi) is 6.40. The van der Waals surface area contributed by atoms with Crippen molar-refractivity contribution in [3.63, 3.8) is 0 Å². The van der Waals surface area contributed by atoms with Crippen molar-refractivity contribution in [3.8, 4) is 5.69 Å². The Morgan fingerprint density at radius 2 is 1.91 bits per heavy atom. The van der Waals surface area contributed by atoms with E-state index in [4.69, 9.17) is 0 Å². The van der Waals surface area contributed by atoms with Gasteiger partial charge in [-0.1, -0.05) is 12.1 Å². The van der Waals surface area contributed by atoms with Crippen LogP contribution in [-0.2, 0) is 11.3 Å². The van der Waals surface area contributed by atoms with E-state index in [0.29, 0.717) is 24.4 Å². The largest absolute Gasteiger partial charge is 0.351 e. The lowest BCUT2D eigenvalue weighted by Gasteiger charge is -2.18. The predicted molar refractivity (Wildman–Crippen MR) is 140 cm³/mol. The molecule has 180 valence electrons. The highest BCUT2D eigenvalue weighted by atomic mass is 32.1. The van der Waals surface area contributed by atoms with E-state index in [1.165, 1.54) is 16.9 Å². The Labute approximate surface area is 209 Å². The maximum absolute atomic E-state index is 12.7. The molecule has 4 aromatic rings. The summed E-state index contributed by atoms with van der Waals surface area (Å²) < 4.78 is 3.17. The van der Waals surface area contributed by atoms with Crippen LogP contribution in [0.5, 0.6) is 0 Å². The Morgan fingerprint density at radius 1 is 1.14 bits per heavy atom. The summed E-state index contributed by atoms with van der Waals surface area (Å²) in [6, 6.07) is 16.1. The van der Waals surface area contributed by atoms with Gasteiger partial charge in [-0.25, -0.2) is 4.98 Å². The van der Waals surface area contributed by atoms with E-state index in [2.05, 4.69) is 38.8 Å². The minimum absolute atomic E-state index is 0.0760. The molecule has 0 spiro atoms. The molecular formula is C27H29N5O2S. The number of hydrogen-bond donors (Lipinski definition) is 1. The first-order valence-corrected chi connectivity index (χ1v) is 12.5. The number of aryl methyl sites for hydroxylation is 1.